The number of carbonyl (C=O) groups is 2. The molecule has 0 aliphatic rings. The van der Waals surface area contributed by atoms with Gasteiger partial charge in [-0.2, -0.15) is 0 Å². The number of carbonyl (C=O) groups excluding carboxylic acids is 1. The fourth-order valence-electron chi connectivity index (χ4n) is 3.40. The molecule has 0 aliphatic heterocycles. The zero-order chi connectivity index (χ0) is 22.3. The van der Waals surface area contributed by atoms with E-state index in [1.807, 2.05) is 0 Å². The lowest BCUT2D eigenvalue weighted by Gasteiger charge is -2.19. The van der Waals surface area contributed by atoms with E-state index in [0.717, 1.165) is 19.3 Å². The summed E-state index contributed by atoms with van der Waals surface area (Å²) in [5, 5.41) is 20.6. The van der Waals surface area contributed by atoms with E-state index in [4.69, 9.17) is 10.2 Å². The Labute approximate surface area is 184 Å². The van der Waals surface area contributed by atoms with Gasteiger partial charge in [-0.15, -0.1) is 0 Å². The van der Waals surface area contributed by atoms with Gasteiger partial charge in [-0.3, -0.25) is 14.5 Å². The SMILES string of the molecule is CCCCCCCC/C=C\CCCCCCCC(=O)NCCN(CCO)CC(=O)O. The van der Waals surface area contributed by atoms with Gasteiger partial charge in [-0.05, 0) is 32.1 Å². The largest absolute Gasteiger partial charge is 0.480 e. The van der Waals surface area contributed by atoms with Gasteiger partial charge in [-0.25, -0.2) is 0 Å². The van der Waals surface area contributed by atoms with Crippen molar-refractivity contribution in [1.82, 2.24) is 10.2 Å². The van der Waals surface area contributed by atoms with Crippen LogP contribution in [-0.2, 0) is 9.59 Å². The van der Waals surface area contributed by atoms with Crippen molar-refractivity contribution in [1.29, 1.82) is 0 Å². The van der Waals surface area contributed by atoms with E-state index < -0.39 is 5.97 Å². The first kappa shape index (κ1) is 28.6. The highest BCUT2D eigenvalue weighted by Gasteiger charge is 2.09. The Balaban J connectivity index is 3.44. The Bertz CT molecular complexity index is 441. The summed E-state index contributed by atoms with van der Waals surface area (Å²) in [6, 6.07) is 0. The third kappa shape index (κ3) is 21.3. The number of aliphatic hydroxyl groups excluding tert-OH is 1. The van der Waals surface area contributed by atoms with Crippen LogP contribution in [0.2, 0.25) is 0 Å². The number of amides is 1. The number of rotatable bonds is 22. The second-order valence-corrected chi connectivity index (χ2v) is 8.08. The van der Waals surface area contributed by atoms with Gasteiger partial charge in [-0.1, -0.05) is 70.4 Å². The van der Waals surface area contributed by atoms with Crippen molar-refractivity contribution in [2.75, 3.05) is 32.8 Å². The van der Waals surface area contributed by atoms with Gasteiger partial charge in [0.15, 0.2) is 0 Å². The van der Waals surface area contributed by atoms with E-state index in [0.29, 0.717) is 26.1 Å². The first-order chi connectivity index (χ1) is 14.6. The Hall–Kier alpha value is -1.40. The van der Waals surface area contributed by atoms with Crippen LogP contribution >= 0.6 is 0 Å². The molecule has 0 bridgehead atoms. The number of carboxylic acids is 1. The van der Waals surface area contributed by atoms with Crippen LogP contribution in [0.4, 0.5) is 0 Å². The Morgan fingerprint density at radius 2 is 1.40 bits per heavy atom. The zero-order valence-electron chi connectivity index (χ0n) is 19.2. The molecule has 0 fully saturated rings. The number of unbranched alkanes of at least 4 members (excludes halogenated alkanes) is 11. The van der Waals surface area contributed by atoms with Crippen molar-refractivity contribution < 1.29 is 19.8 Å². The molecule has 0 rings (SSSR count). The molecular weight excluding hydrogens is 380 g/mol. The third-order valence-electron chi connectivity index (χ3n) is 5.19. The maximum atomic E-state index is 11.8. The molecule has 0 radical (unpaired) electrons. The molecule has 6 nitrogen and oxygen atoms in total. The third-order valence-corrected chi connectivity index (χ3v) is 5.19. The van der Waals surface area contributed by atoms with Gasteiger partial charge in [0, 0.05) is 26.1 Å². The monoisotopic (exact) mass is 426 g/mol. The maximum absolute atomic E-state index is 11.8. The maximum Gasteiger partial charge on any atom is 0.317 e. The minimum atomic E-state index is -0.928. The van der Waals surface area contributed by atoms with Crippen LogP contribution in [0.25, 0.3) is 0 Å². The molecule has 1 amide bonds. The standard InChI is InChI=1S/C24H46N2O4/c1-2-3-4-5-6-7-8-9-10-11-12-13-14-15-16-17-23(28)25-18-19-26(20-21-27)22-24(29)30/h9-10,27H,2-8,11-22H2,1H3,(H,25,28)(H,29,30)/b10-9-. The van der Waals surface area contributed by atoms with Crippen molar-refractivity contribution in [3.05, 3.63) is 12.2 Å². The number of nitrogens with one attached hydrogen (secondary N) is 1. The number of nitrogens with zero attached hydrogens (tertiary/aromatic N) is 1. The van der Waals surface area contributed by atoms with E-state index in [-0.39, 0.29) is 19.1 Å². The van der Waals surface area contributed by atoms with Crippen LogP contribution in [0, 0.1) is 0 Å². The second kappa shape index (κ2) is 22.3. The summed E-state index contributed by atoms with van der Waals surface area (Å²) < 4.78 is 0. The minimum Gasteiger partial charge on any atom is -0.480 e. The quantitative estimate of drug-likeness (QED) is 0.175. The summed E-state index contributed by atoms with van der Waals surface area (Å²) in [4.78, 5) is 24.2. The summed E-state index contributed by atoms with van der Waals surface area (Å²) in [5.74, 6) is -0.907. The summed E-state index contributed by atoms with van der Waals surface area (Å²) in [6.07, 6.45) is 21.3. The number of aliphatic hydroxyl groups is 1. The summed E-state index contributed by atoms with van der Waals surface area (Å²) in [7, 11) is 0. The van der Waals surface area contributed by atoms with Crippen LogP contribution in [0.1, 0.15) is 96.8 Å². The summed E-state index contributed by atoms with van der Waals surface area (Å²) in [6.45, 7) is 3.20. The van der Waals surface area contributed by atoms with Crippen molar-refractivity contribution >= 4 is 11.9 Å². The van der Waals surface area contributed by atoms with Crippen LogP contribution in [0.15, 0.2) is 12.2 Å². The molecule has 30 heavy (non-hydrogen) atoms. The normalized spacial score (nSPS) is 11.4. The second-order valence-electron chi connectivity index (χ2n) is 8.08. The summed E-state index contributed by atoms with van der Waals surface area (Å²) >= 11 is 0. The molecule has 0 saturated carbocycles. The van der Waals surface area contributed by atoms with E-state index in [9.17, 15) is 9.59 Å². The van der Waals surface area contributed by atoms with Gasteiger partial charge in [0.25, 0.3) is 0 Å². The smallest absolute Gasteiger partial charge is 0.317 e. The van der Waals surface area contributed by atoms with Gasteiger partial charge in [0.1, 0.15) is 0 Å². The fourth-order valence-corrected chi connectivity index (χ4v) is 3.40. The molecule has 0 unspecified atom stereocenters. The Morgan fingerprint density at radius 1 is 0.833 bits per heavy atom. The van der Waals surface area contributed by atoms with Crippen molar-refractivity contribution in [3.8, 4) is 0 Å². The van der Waals surface area contributed by atoms with Gasteiger partial charge in [0.2, 0.25) is 5.91 Å². The average molecular weight is 427 g/mol. The highest BCUT2D eigenvalue weighted by atomic mass is 16.4. The number of hydrogen-bond donors (Lipinski definition) is 3. The number of carboxylic acid groups (broad SMARTS) is 1. The number of hydrogen-bond acceptors (Lipinski definition) is 4. The molecule has 0 saturated heterocycles. The predicted molar refractivity (Wildman–Crippen MR) is 124 cm³/mol. The molecule has 6 heteroatoms. The van der Waals surface area contributed by atoms with Crippen molar-refractivity contribution in [2.45, 2.75) is 96.8 Å². The highest BCUT2D eigenvalue weighted by molar-refractivity contribution is 5.75. The highest BCUT2D eigenvalue weighted by Crippen LogP contribution is 2.09. The lowest BCUT2D eigenvalue weighted by atomic mass is 10.1. The lowest BCUT2D eigenvalue weighted by molar-refractivity contribution is -0.138. The van der Waals surface area contributed by atoms with Crippen LogP contribution in [-0.4, -0.2) is 59.8 Å². The van der Waals surface area contributed by atoms with Crippen LogP contribution in [0.3, 0.4) is 0 Å². The minimum absolute atomic E-state index is 0.0203. The molecule has 3 N–H and O–H groups in total. The first-order valence-electron chi connectivity index (χ1n) is 12.1. The molecule has 0 aromatic rings. The van der Waals surface area contributed by atoms with Gasteiger partial charge < -0.3 is 15.5 Å². The predicted octanol–water partition coefficient (Wildman–Crippen LogP) is 4.52. The zero-order valence-corrected chi connectivity index (χ0v) is 19.2. The number of allylic oxidation sites excluding steroid dienone is 2. The molecule has 0 heterocycles. The molecule has 176 valence electrons. The van der Waals surface area contributed by atoms with E-state index in [1.54, 1.807) is 4.90 Å². The van der Waals surface area contributed by atoms with Crippen molar-refractivity contribution in [2.24, 2.45) is 0 Å². The van der Waals surface area contributed by atoms with E-state index >= 15 is 0 Å². The molecule has 0 aliphatic carbocycles. The summed E-state index contributed by atoms with van der Waals surface area (Å²) in [5.41, 5.74) is 0. The van der Waals surface area contributed by atoms with Crippen LogP contribution < -0.4 is 5.32 Å². The van der Waals surface area contributed by atoms with Crippen LogP contribution in [0.5, 0.6) is 0 Å². The van der Waals surface area contributed by atoms with Crippen molar-refractivity contribution in [3.63, 3.8) is 0 Å². The molecule has 0 aromatic carbocycles. The topological polar surface area (TPSA) is 89.9 Å². The van der Waals surface area contributed by atoms with Gasteiger partial charge >= 0.3 is 5.97 Å². The molecule has 0 atom stereocenters. The molecule has 0 spiro atoms. The molecule has 0 aromatic heterocycles. The average Bonchev–Trinajstić information content (AvgIpc) is 2.70. The first-order valence-corrected chi connectivity index (χ1v) is 12.1. The van der Waals surface area contributed by atoms with E-state index in [2.05, 4.69) is 24.4 Å². The Morgan fingerprint density at radius 3 is 1.97 bits per heavy atom. The Kier molecular flexibility index (Phi) is 21.2. The fraction of sp³-hybridized carbons (Fsp3) is 0.833. The lowest BCUT2D eigenvalue weighted by Crippen LogP contribution is -2.39. The van der Waals surface area contributed by atoms with Gasteiger partial charge in [0.05, 0.1) is 13.2 Å². The molecular formula is C24H46N2O4. The number of aliphatic carboxylic acids is 1. The van der Waals surface area contributed by atoms with E-state index in [1.165, 1.54) is 64.2 Å².